The largest absolute Gasteiger partial charge is 0.482 e. The summed E-state index contributed by atoms with van der Waals surface area (Å²) in [6, 6.07) is 15.1. The van der Waals surface area contributed by atoms with Crippen LogP contribution in [0.3, 0.4) is 0 Å². The second-order valence-electron chi connectivity index (χ2n) is 6.20. The lowest BCUT2D eigenvalue weighted by atomic mass is 10.2. The van der Waals surface area contributed by atoms with Crippen molar-refractivity contribution in [2.45, 2.75) is 30.4 Å². The molecule has 0 radical (unpaired) electrons. The predicted octanol–water partition coefficient (Wildman–Crippen LogP) is 3.94. The van der Waals surface area contributed by atoms with Gasteiger partial charge in [-0.2, -0.15) is 0 Å². The molecular formula is C20H22N2O3S. The molecule has 0 bridgehead atoms. The number of ether oxygens (including phenoxy) is 1. The van der Waals surface area contributed by atoms with Gasteiger partial charge in [0.15, 0.2) is 6.61 Å². The number of amides is 2. The summed E-state index contributed by atoms with van der Waals surface area (Å²) in [6.07, 6.45) is 0.924. The minimum Gasteiger partial charge on any atom is -0.482 e. The summed E-state index contributed by atoms with van der Waals surface area (Å²) in [5, 5.41) is 3.17. The number of para-hydroxylation sites is 3. The van der Waals surface area contributed by atoms with E-state index in [1.165, 1.54) is 6.92 Å². The fourth-order valence-corrected chi connectivity index (χ4v) is 3.96. The summed E-state index contributed by atoms with van der Waals surface area (Å²) in [5.74, 6) is 0.214. The standard InChI is InChI=1S/C20H22N2O3S/c1-14-11-12-22(17-8-4-6-10-19(17)26-14)20(24)13-25-18-9-5-3-7-16(18)21-15(2)23/h3-10,14H,11-13H2,1-2H3,(H,21,23)/t14-/m1/s1. The van der Waals surface area contributed by atoms with Gasteiger partial charge in [0.2, 0.25) is 5.91 Å². The van der Waals surface area contributed by atoms with Gasteiger partial charge in [-0.1, -0.05) is 31.2 Å². The van der Waals surface area contributed by atoms with Crippen molar-refractivity contribution in [3.8, 4) is 5.75 Å². The normalized spacial score (nSPS) is 16.4. The second kappa shape index (κ2) is 8.27. The Kier molecular flexibility index (Phi) is 5.83. The molecule has 0 aliphatic carbocycles. The Labute approximate surface area is 157 Å². The summed E-state index contributed by atoms with van der Waals surface area (Å²) >= 11 is 1.80. The third kappa shape index (κ3) is 4.38. The number of rotatable bonds is 4. The number of benzene rings is 2. The first-order valence-corrected chi connectivity index (χ1v) is 9.48. The van der Waals surface area contributed by atoms with E-state index in [1.807, 2.05) is 30.3 Å². The van der Waals surface area contributed by atoms with Gasteiger partial charge < -0.3 is 15.0 Å². The van der Waals surface area contributed by atoms with Crippen LogP contribution in [0, 0.1) is 0 Å². The van der Waals surface area contributed by atoms with Gasteiger partial charge in [0.1, 0.15) is 5.75 Å². The minimum atomic E-state index is -0.181. The van der Waals surface area contributed by atoms with Crippen LogP contribution in [0.25, 0.3) is 0 Å². The average molecular weight is 370 g/mol. The molecule has 2 amide bonds. The molecule has 3 rings (SSSR count). The van der Waals surface area contributed by atoms with Crippen LogP contribution in [0.2, 0.25) is 0 Å². The highest BCUT2D eigenvalue weighted by atomic mass is 32.2. The maximum atomic E-state index is 12.8. The molecule has 2 aromatic carbocycles. The molecule has 0 fully saturated rings. The van der Waals surface area contributed by atoms with Crippen LogP contribution in [-0.4, -0.2) is 30.2 Å². The fraction of sp³-hybridized carbons (Fsp3) is 0.300. The predicted molar refractivity (Wildman–Crippen MR) is 105 cm³/mol. The van der Waals surface area contributed by atoms with E-state index >= 15 is 0 Å². The van der Waals surface area contributed by atoms with E-state index in [0.29, 0.717) is 23.2 Å². The van der Waals surface area contributed by atoms with E-state index < -0.39 is 0 Å². The molecule has 0 saturated heterocycles. The van der Waals surface area contributed by atoms with Crippen molar-refractivity contribution in [1.82, 2.24) is 0 Å². The van der Waals surface area contributed by atoms with Gasteiger partial charge >= 0.3 is 0 Å². The van der Waals surface area contributed by atoms with Crippen LogP contribution in [0.1, 0.15) is 20.3 Å². The van der Waals surface area contributed by atoms with Gasteiger partial charge in [-0.05, 0) is 30.7 Å². The van der Waals surface area contributed by atoms with Gasteiger partial charge in [0, 0.05) is 23.6 Å². The SMILES string of the molecule is CC(=O)Nc1ccccc1OCC(=O)N1CC[C@@H](C)Sc2ccccc21. The molecule has 0 aromatic heterocycles. The third-order valence-corrected chi connectivity index (χ3v) is 5.33. The van der Waals surface area contributed by atoms with Crippen LogP contribution >= 0.6 is 11.8 Å². The van der Waals surface area contributed by atoms with Crippen LogP contribution in [0.4, 0.5) is 11.4 Å². The van der Waals surface area contributed by atoms with Crippen LogP contribution in [0.15, 0.2) is 53.4 Å². The minimum absolute atomic E-state index is 0.0794. The summed E-state index contributed by atoms with van der Waals surface area (Å²) in [5.41, 5.74) is 1.50. The van der Waals surface area contributed by atoms with E-state index in [0.717, 1.165) is 17.0 Å². The average Bonchev–Trinajstić information content (AvgIpc) is 2.78. The molecule has 1 aliphatic rings. The number of hydrogen-bond donors (Lipinski definition) is 1. The smallest absolute Gasteiger partial charge is 0.264 e. The Morgan fingerprint density at radius 3 is 2.73 bits per heavy atom. The Balaban J connectivity index is 1.74. The molecular weight excluding hydrogens is 348 g/mol. The van der Waals surface area contributed by atoms with Crippen molar-refractivity contribution < 1.29 is 14.3 Å². The number of thioether (sulfide) groups is 1. The quantitative estimate of drug-likeness (QED) is 0.886. The van der Waals surface area contributed by atoms with Gasteiger partial charge in [0.25, 0.3) is 5.91 Å². The number of nitrogens with zero attached hydrogens (tertiary/aromatic N) is 1. The number of anilines is 2. The number of hydrogen-bond acceptors (Lipinski definition) is 4. The zero-order valence-corrected chi connectivity index (χ0v) is 15.7. The molecule has 1 atom stereocenters. The molecule has 0 spiro atoms. The third-order valence-electron chi connectivity index (χ3n) is 4.09. The van der Waals surface area contributed by atoms with Gasteiger partial charge in [0.05, 0.1) is 11.4 Å². The highest BCUT2D eigenvalue weighted by molar-refractivity contribution is 8.00. The van der Waals surface area contributed by atoms with Gasteiger partial charge in [-0.15, -0.1) is 11.8 Å². The van der Waals surface area contributed by atoms with Gasteiger partial charge in [-0.25, -0.2) is 0 Å². The van der Waals surface area contributed by atoms with Crippen LogP contribution in [-0.2, 0) is 9.59 Å². The van der Waals surface area contributed by atoms with E-state index in [1.54, 1.807) is 28.8 Å². The van der Waals surface area contributed by atoms with Crippen molar-refractivity contribution in [1.29, 1.82) is 0 Å². The van der Waals surface area contributed by atoms with Crippen molar-refractivity contribution >= 4 is 35.0 Å². The van der Waals surface area contributed by atoms with Crippen LogP contribution in [0.5, 0.6) is 5.75 Å². The van der Waals surface area contributed by atoms with E-state index in [2.05, 4.69) is 18.3 Å². The maximum absolute atomic E-state index is 12.8. The number of carbonyl (C=O) groups excluding carboxylic acids is 2. The molecule has 2 aromatic rings. The maximum Gasteiger partial charge on any atom is 0.264 e. The Hall–Kier alpha value is -2.47. The van der Waals surface area contributed by atoms with Crippen LogP contribution < -0.4 is 15.0 Å². The monoisotopic (exact) mass is 370 g/mol. The molecule has 26 heavy (non-hydrogen) atoms. The molecule has 136 valence electrons. The first-order valence-electron chi connectivity index (χ1n) is 8.60. The molecule has 6 heteroatoms. The summed E-state index contributed by atoms with van der Waals surface area (Å²) in [7, 11) is 0. The van der Waals surface area contributed by atoms with Crippen molar-refractivity contribution in [2.24, 2.45) is 0 Å². The van der Waals surface area contributed by atoms with Crippen molar-refractivity contribution in [3.63, 3.8) is 0 Å². The number of fused-ring (bicyclic) bond motifs is 1. The first kappa shape index (κ1) is 18.3. The van der Waals surface area contributed by atoms with Crippen molar-refractivity contribution in [2.75, 3.05) is 23.4 Å². The first-order chi connectivity index (χ1) is 12.5. The fourth-order valence-electron chi connectivity index (χ4n) is 2.85. The lowest BCUT2D eigenvalue weighted by molar-refractivity contribution is -0.120. The lowest BCUT2D eigenvalue weighted by Crippen LogP contribution is -2.36. The molecule has 5 nitrogen and oxygen atoms in total. The molecule has 0 saturated carbocycles. The van der Waals surface area contributed by atoms with E-state index in [4.69, 9.17) is 4.74 Å². The Morgan fingerprint density at radius 2 is 1.92 bits per heavy atom. The number of carbonyl (C=O) groups is 2. The summed E-state index contributed by atoms with van der Waals surface area (Å²) in [4.78, 5) is 27.1. The lowest BCUT2D eigenvalue weighted by Gasteiger charge is -2.23. The molecule has 1 aliphatic heterocycles. The van der Waals surface area contributed by atoms with Crippen molar-refractivity contribution in [3.05, 3.63) is 48.5 Å². The summed E-state index contributed by atoms with van der Waals surface area (Å²) in [6.45, 7) is 4.20. The topological polar surface area (TPSA) is 58.6 Å². The zero-order valence-electron chi connectivity index (χ0n) is 14.9. The Bertz CT molecular complexity index is 809. The van der Waals surface area contributed by atoms with Gasteiger partial charge in [-0.3, -0.25) is 9.59 Å². The molecule has 1 heterocycles. The summed E-state index contributed by atoms with van der Waals surface area (Å²) < 4.78 is 5.72. The molecule has 0 unspecified atom stereocenters. The zero-order chi connectivity index (χ0) is 18.5. The highest BCUT2D eigenvalue weighted by Crippen LogP contribution is 2.37. The van der Waals surface area contributed by atoms with E-state index in [9.17, 15) is 9.59 Å². The number of nitrogens with one attached hydrogen (secondary N) is 1. The second-order valence-corrected chi connectivity index (χ2v) is 7.68. The molecule has 1 N–H and O–H groups in total. The van der Waals surface area contributed by atoms with E-state index in [-0.39, 0.29) is 18.4 Å². The Morgan fingerprint density at radius 1 is 1.19 bits per heavy atom. The highest BCUT2D eigenvalue weighted by Gasteiger charge is 2.24.